The molecule has 6 atom stereocenters. The Kier molecular flexibility index (Phi) is 26.3. The monoisotopic (exact) mass is 1550 g/mol. The number of carbonyl (C=O) groups excluding carboxylic acids is 7. The van der Waals surface area contributed by atoms with Crippen molar-refractivity contribution < 1.29 is 81.4 Å². The van der Waals surface area contributed by atoms with Gasteiger partial charge in [0.15, 0.2) is 36.7 Å². The number of hydrogen-bond acceptors (Lipinski definition) is 17. The van der Waals surface area contributed by atoms with E-state index in [4.69, 9.17) is 43.0 Å². The lowest BCUT2D eigenvalue weighted by atomic mass is 10.00. The Bertz CT molecular complexity index is 4850. The van der Waals surface area contributed by atoms with Crippen molar-refractivity contribution in [3.63, 3.8) is 0 Å². The number of amides is 6. The summed E-state index contributed by atoms with van der Waals surface area (Å²) in [5.74, 6) is -0.592. The van der Waals surface area contributed by atoms with Crippen LogP contribution in [0.1, 0.15) is 158 Å². The van der Waals surface area contributed by atoms with Gasteiger partial charge in [-0.15, -0.1) is 0 Å². The maximum Gasteiger partial charge on any atom is 0.416 e. The number of ether oxygens (including phenoxy) is 8. The molecule has 596 valence electrons. The van der Waals surface area contributed by atoms with Crippen LogP contribution in [-0.4, -0.2) is 153 Å². The van der Waals surface area contributed by atoms with E-state index in [0.717, 1.165) is 90.3 Å². The molecule has 0 saturated carbocycles. The van der Waals surface area contributed by atoms with Crippen LogP contribution in [0.4, 0.5) is 32.5 Å². The van der Waals surface area contributed by atoms with Gasteiger partial charge in [-0.1, -0.05) is 116 Å². The molecule has 0 radical (unpaired) electrons. The number of carboxylic acids is 1. The van der Waals surface area contributed by atoms with Crippen molar-refractivity contribution in [1.29, 1.82) is 0 Å². The molecule has 0 aliphatic carbocycles. The van der Waals surface area contributed by atoms with Crippen LogP contribution in [0.15, 0.2) is 171 Å². The van der Waals surface area contributed by atoms with Gasteiger partial charge in [0.1, 0.15) is 43.6 Å². The highest BCUT2D eigenvalue weighted by Crippen LogP contribution is 2.43. The molecule has 0 bridgehead atoms. The molecule has 3 N–H and O–H groups in total. The van der Waals surface area contributed by atoms with Gasteiger partial charge in [0.05, 0.1) is 47.4 Å². The van der Waals surface area contributed by atoms with E-state index in [9.17, 15) is 38.4 Å². The number of aliphatic carboxylic acids is 1. The van der Waals surface area contributed by atoms with Crippen LogP contribution in [0.5, 0.6) is 11.5 Å². The van der Waals surface area contributed by atoms with E-state index in [-0.39, 0.29) is 92.8 Å². The van der Waals surface area contributed by atoms with Crippen LogP contribution in [0.25, 0.3) is 11.1 Å². The molecule has 8 heterocycles. The zero-order valence-electron chi connectivity index (χ0n) is 64.8. The van der Waals surface area contributed by atoms with Crippen LogP contribution < -0.4 is 29.9 Å². The second-order valence-corrected chi connectivity index (χ2v) is 29.4. The van der Waals surface area contributed by atoms with Crippen LogP contribution >= 0.6 is 0 Å². The Hall–Kier alpha value is -11.7. The summed E-state index contributed by atoms with van der Waals surface area (Å²) in [6.07, 6.45) is 12.4. The molecule has 6 aliphatic heterocycles. The highest BCUT2D eigenvalue weighted by molar-refractivity contribution is 6.07. The average Bonchev–Trinajstić information content (AvgIpc) is 1.61. The predicted molar refractivity (Wildman–Crippen MR) is 426 cm³/mol. The second kappa shape index (κ2) is 37.3. The van der Waals surface area contributed by atoms with Gasteiger partial charge < -0.3 is 72.6 Å². The van der Waals surface area contributed by atoms with Crippen LogP contribution in [0.3, 0.4) is 0 Å². The molecule has 6 aromatic carbocycles. The summed E-state index contributed by atoms with van der Waals surface area (Å²) >= 11 is 0. The van der Waals surface area contributed by atoms with Gasteiger partial charge in [-0.2, -0.15) is 0 Å². The van der Waals surface area contributed by atoms with E-state index in [0.29, 0.717) is 108 Å². The van der Waals surface area contributed by atoms with Gasteiger partial charge in [0.2, 0.25) is 11.7 Å². The summed E-state index contributed by atoms with van der Waals surface area (Å²) in [6.45, 7) is 13.6. The lowest BCUT2D eigenvalue weighted by Crippen LogP contribution is -2.57. The molecule has 114 heavy (non-hydrogen) atoms. The van der Waals surface area contributed by atoms with Crippen molar-refractivity contribution in [2.24, 2.45) is 14.1 Å². The number of hydrogen-bond donors (Lipinski definition) is 3. The summed E-state index contributed by atoms with van der Waals surface area (Å²) < 4.78 is 52.3. The second-order valence-electron chi connectivity index (χ2n) is 29.4. The number of nitrogens with one attached hydrogen (secondary N) is 2. The maximum absolute atomic E-state index is 14.3. The van der Waals surface area contributed by atoms with Gasteiger partial charge >= 0.3 is 18.2 Å². The molecule has 26 nitrogen and oxygen atoms in total. The number of aryl methyl sites for hydroxylation is 4. The smallest absolute Gasteiger partial charge is 0.416 e. The van der Waals surface area contributed by atoms with E-state index in [2.05, 4.69) is 28.8 Å². The standard InChI is InChI=1S/C56H59N7O9.C32H38N2O8/c1-5-25-70-56(68)63-45-32-48(36(2)27-43(45)54(67)62-24-11-9-18-44(62)55(63)72-51-19-10-12-26-69-51)71-35-39-15-13-14-38(28-39)30-50(65)58-49-34-61(4)52(59-49)47(64)29-37-20-22-40(23-21-37)41-31-46(60(3)33-41)53(66)57-42-16-7-6-8-17-42;1-3-14-40-32(38)34-26-19-27(41-20-23-10-8-9-22(17-23)18-28(35)36)21(2)16-24(26)30(37)33-13-6-4-11-25(33)31(34)42-29-12-5-7-15-39-29/h5-8,13-17,20-23,27-28,31-34,44,51,55H,1,9-12,18-19,24-26,29-30,35H2,2-4H3,(H,57,66)(H,58,65);3,8-10,16-17,19,25,29,31H,1,4-7,11-15,18,20H2,2H3,(H,35,36)/t44-,51?,55?;25-,29?,31?/m00/s1. The Balaban J connectivity index is 0.000000229. The van der Waals surface area contributed by atoms with Crippen molar-refractivity contribution in [3.05, 3.63) is 233 Å². The fourth-order valence-electron chi connectivity index (χ4n) is 15.5. The first-order valence-electron chi connectivity index (χ1n) is 39.0. The van der Waals surface area contributed by atoms with Gasteiger partial charge in [-0.05, 0) is 166 Å². The molecule has 14 rings (SSSR count). The number of aromatic nitrogens is 3. The number of ketones is 1. The fourth-order valence-corrected chi connectivity index (χ4v) is 15.5. The lowest BCUT2D eigenvalue weighted by Gasteiger charge is -2.42. The largest absolute Gasteiger partial charge is 0.489 e. The van der Waals surface area contributed by atoms with E-state index in [1.807, 2.05) is 128 Å². The third-order valence-corrected chi connectivity index (χ3v) is 21.1. The third-order valence-electron chi connectivity index (χ3n) is 21.1. The summed E-state index contributed by atoms with van der Waals surface area (Å²) in [6, 6.07) is 39.5. The Morgan fingerprint density at radius 2 is 1.06 bits per heavy atom. The highest BCUT2D eigenvalue weighted by Gasteiger charge is 2.49. The van der Waals surface area contributed by atoms with E-state index in [1.165, 1.54) is 22.0 Å². The van der Waals surface area contributed by atoms with Gasteiger partial charge in [-0.25, -0.2) is 24.4 Å². The number of carbonyl (C=O) groups is 8. The lowest BCUT2D eigenvalue weighted by molar-refractivity contribution is -0.199. The van der Waals surface area contributed by atoms with Crippen LogP contribution in [-0.2, 0) is 84.6 Å². The van der Waals surface area contributed by atoms with Crippen LogP contribution in [0.2, 0.25) is 0 Å². The maximum atomic E-state index is 14.3. The summed E-state index contributed by atoms with van der Waals surface area (Å²) in [7, 11) is 3.53. The molecule has 4 unspecified atom stereocenters. The Morgan fingerprint density at radius 3 is 1.57 bits per heavy atom. The number of fused-ring (bicyclic) bond motifs is 4. The Labute approximate surface area is 662 Å². The van der Waals surface area contributed by atoms with Gasteiger partial charge in [0, 0.05) is 82.6 Å². The summed E-state index contributed by atoms with van der Waals surface area (Å²) in [5, 5.41) is 14.9. The number of benzene rings is 6. The minimum Gasteiger partial charge on any atom is -0.489 e. The topological polar surface area (TPSA) is 290 Å². The molecule has 4 fully saturated rings. The minimum absolute atomic E-state index is 0.00153. The Morgan fingerprint density at radius 1 is 0.544 bits per heavy atom. The molecule has 6 amide bonds. The number of imidazole rings is 1. The molecular weight excluding hydrogens is 1460 g/mol. The first-order chi connectivity index (χ1) is 55.3. The van der Waals surface area contributed by atoms with Crippen LogP contribution in [0, 0.1) is 13.8 Å². The molecule has 6 aliphatic rings. The van der Waals surface area contributed by atoms with Crippen molar-refractivity contribution in [2.75, 3.05) is 60.0 Å². The number of anilines is 4. The highest BCUT2D eigenvalue weighted by atomic mass is 16.7. The van der Waals surface area contributed by atoms with Crippen molar-refractivity contribution in [3.8, 4) is 22.6 Å². The normalized spacial score (nSPS) is 19.2. The quantitative estimate of drug-likeness (QED) is 0.0354. The van der Waals surface area contributed by atoms with E-state index >= 15 is 0 Å². The zero-order valence-corrected chi connectivity index (χ0v) is 64.8. The van der Waals surface area contributed by atoms with Gasteiger partial charge in [0.25, 0.3) is 17.7 Å². The molecule has 4 saturated heterocycles. The number of para-hydroxylation sites is 1. The first kappa shape index (κ1) is 80.3. The molecule has 8 aromatic rings. The SMILES string of the molecule is C=CCOC(=O)N1c2cc(OCc3cccc(CC(=O)Nc4cn(C)c(C(=O)Cc5ccc(-c6cc(C(=O)Nc7ccccc7)n(C)c6)cc5)n4)c3)c(C)cc2C(=O)N2CCCC[C@H]2C1OC1CCCCO1.C=CCOC(=O)N1c2cc(OCc3cccc(CC(=O)O)c3)c(C)cc2C(=O)N2CCCC[C@H]2C1OC1CCCCO1. The van der Waals surface area contributed by atoms with Crippen molar-refractivity contribution >= 4 is 70.4 Å². The molecule has 0 spiro atoms. The number of nitrogens with zero attached hydrogens (tertiary/aromatic N) is 7. The number of piperidine rings is 2. The third kappa shape index (κ3) is 19.3. The molecular formula is C88H97N9O17. The minimum atomic E-state index is -0.908. The first-order valence-corrected chi connectivity index (χ1v) is 39.0. The average molecular weight is 1550 g/mol. The van der Waals surface area contributed by atoms with Crippen molar-refractivity contribution in [2.45, 2.75) is 160 Å². The predicted octanol–water partition coefficient (Wildman–Crippen LogP) is 14.4. The van der Waals surface area contributed by atoms with Crippen molar-refractivity contribution in [1.82, 2.24) is 23.9 Å². The number of Topliss-reactive ketones (excluding diaryl/α,β-unsaturated/α-hetero) is 1. The van der Waals surface area contributed by atoms with Gasteiger partial charge in [-0.3, -0.25) is 28.8 Å². The number of carboxylic acid groups (broad SMARTS) is 1. The summed E-state index contributed by atoms with van der Waals surface area (Å²) in [4.78, 5) is 118. The van der Waals surface area contributed by atoms with E-state index < -0.39 is 49.2 Å². The zero-order chi connectivity index (χ0) is 79.9. The van der Waals surface area contributed by atoms with E-state index in [1.54, 1.807) is 64.8 Å². The molecule has 2 aromatic heterocycles. The molecule has 26 heteroatoms. The summed E-state index contributed by atoms with van der Waals surface area (Å²) in [5.41, 5.74) is 9.62. The fraction of sp³-hybridized carbons (Fsp3) is 0.375. The number of rotatable bonds is 25.